The molecule has 0 atom stereocenters. The van der Waals surface area contributed by atoms with Crippen LogP contribution in [0.2, 0.25) is 0 Å². The lowest BCUT2D eigenvalue weighted by Gasteiger charge is -2.27. The number of ketones is 1. The average molecular weight is 180 g/mol. The van der Waals surface area contributed by atoms with Crippen molar-refractivity contribution in [2.45, 2.75) is 20.8 Å². The molecule has 0 unspecified atom stereocenters. The van der Waals surface area contributed by atoms with Gasteiger partial charge >= 0.3 is 0 Å². The van der Waals surface area contributed by atoms with E-state index in [1.807, 2.05) is 0 Å². The topological polar surface area (TPSA) is 54.4 Å². The number of aliphatic hydroxyl groups is 1. The van der Waals surface area contributed by atoms with E-state index >= 15 is 0 Å². The van der Waals surface area contributed by atoms with E-state index < -0.39 is 5.41 Å². The highest BCUT2D eigenvalue weighted by Gasteiger charge is 2.35. The molecule has 0 heterocycles. The number of carbonyl (C=O) groups is 2. The molecule has 0 aliphatic heterocycles. The Balaban J connectivity index is 3.37. The Morgan fingerprint density at radius 3 is 2.46 bits per heavy atom. The molecule has 0 saturated heterocycles. The Morgan fingerprint density at radius 1 is 1.46 bits per heavy atom. The second kappa shape index (κ2) is 2.83. The molecule has 1 rings (SSSR count). The Kier molecular flexibility index (Phi) is 2.12. The van der Waals surface area contributed by atoms with Crippen molar-refractivity contribution in [3.05, 3.63) is 23.0 Å². The minimum absolute atomic E-state index is 0.105. The molecule has 0 saturated carbocycles. The summed E-state index contributed by atoms with van der Waals surface area (Å²) in [6.07, 6.45) is 1.80. The van der Waals surface area contributed by atoms with E-state index in [2.05, 4.69) is 0 Å². The van der Waals surface area contributed by atoms with Crippen molar-refractivity contribution in [1.82, 2.24) is 0 Å². The van der Waals surface area contributed by atoms with Gasteiger partial charge in [-0.2, -0.15) is 0 Å². The zero-order chi connectivity index (χ0) is 10.2. The molecule has 70 valence electrons. The van der Waals surface area contributed by atoms with Crippen molar-refractivity contribution < 1.29 is 14.7 Å². The standard InChI is InChI=1S/C10H12O3/c1-6-7(5-11)10(2,3)9(13)4-8(6)12/h4-5,12H,1-3H3. The quantitative estimate of drug-likeness (QED) is 0.623. The van der Waals surface area contributed by atoms with E-state index in [4.69, 9.17) is 0 Å². The van der Waals surface area contributed by atoms with E-state index in [0.717, 1.165) is 0 Å². The minimum Gasteiger partial charge on any atom is -0.508 e. The molecule has 1 aliphatic carbocycles. The second-order valence-electron chi connectivity index (χ2n) is 3.68. The van der Waals surface area contributed by atoms with E-state index in [-0.39, 0.29) is 11.5 Å². The monoisotopic (exact) mass is 180 g/mol. The van der Waals surface area contributed by atoms with Crippen molar-refractivity contribution in [2.24, 2.45) is 5.41 Å². The van der Waals surface area contributed by atoms with E-state index in [0.29, 0.717) is 17.4 Å². The molecular formula is C10H12O3. The Morgan fingerprint density at radius 2 is 2.00 bits per heavy atom. The first kappa shape index (κ1) is 9.71. The molecule has 1 aliphatic rings. The summed E-state index contributed by atoms with van der Waals surface area (Å²) in [5.74, 6) is -0.343. The maximum absolute atomic E-state index is 11.4. The fourth-order valence-corrected chi connectivity index (χ4v) is 1.39. The van der Waals surface area contributed by atoms with Crippen LogP contribution in [-0.2, 0) is 9.59 Å². The van der Waals surface area contributed by atoms with Gasteiger partial charge in [-0.1, -0.05) is 0 Å². The van der Waals surface area contributed by atoms with Gasteiger partial charge in [0.1, 0.15) is 12.0 Å². The van der Waals surface area contributed by atoms with Gasteiger partial charge in [0.25, 0.3) is 0 Å². The molecule has 0 amide bonds. The minimum atomic E-state index is -0.807. The van der Waals surface area contributed by atoms with Crippen LogP contribution in [0.1, 0.15) is 20.8 Å². The highest BCUT2D eigenvalue weighted by atomic mass is 16.3. The summed E-state index contributed by atoms with van der Waals surface area (Å²) in [4.78, 5) is 22.1. The number of hydrogen-bond acceptors (Lipinski definition) is 3. The zero-order valence-corrected chi connectivity index (χ0v) is 7.92. The summed E-state index contributed by atoms with van der Waals surface area (Å²) in [6.45, 7) is 4.97. The zero-order valence-electron chi connectivity index (χ0n) is 7.92. The van der Waals surface area contributed by atoms with Crippen LogP contribution in [0, 0.1) is 5.41 Å². The maximum atomic E-state index is 11.4. The van der Waals surface area contributed by atoms with Crippen molar-refractivity contribution in [3.63, 3.8) is 0 Å². The second-order valence-corrected chi connectivity index (χ2v) is 3.68. The van der Waals surface area contributed by atoms with E-state index in [1.165, 1.54) is 6.08 Å². The lowest BCUT2D eigenvalue weighted by atomic mass is 9.75. The molecular weight excluding hydrogens is 168 g/mol. The third-order valence-corrected chi connectivity index (χ3v) is 2.46. The van der Waals surface area contributed by atoms with E-state index in [9.17, 15) is 14.7 Å². The lowest BCUT2D eigenvalue weighted by molar-refractivity contribution is -0.122. The molecule has 1 N–H and O–H groups in total. The maximum Gasteiger partial charge on any atom is 0.169 e. The third kappa shape index (κ3) is 1.30. The summed E-state index contributed by atoms with van der Waals surface area (Å²) in [5.41, 5.74) is 0.0371. The van der Waals surface area contributed by atoms with Gasteiger partial charge in [0.2, 0.25) is 0 Å². The van der Waals surface area contributed by atoms with Crippen LogP contribution >= 0.6 is 0 Å². The molecule has 0 radical (unpaired) electrons. The largest absolute Gasteiger partial charge is 0.508 e. The number of allylic oxidation sites excluding steroid dienone is 3. The number of hydrogen-bond donors (Lipinski definition) is 1. The smallest absolute Gasteiger partial charge is 0.169 e. The van der Waals surface area contributed by atoms with Crippen molar-refractivity contribution in [1.29, 1.82) is 0 Å². The Hall–Kier alpha value is -1.38. The van der Waals surface area contributed by atoms with Crippen LogP contribution < -0.4 is 0 Å². The van der Waals surface area contributed by atoms with Crippen LogP contribution in [0.5, 0.6) is 0 Å². The first-order valence-corrected chi connectivity index (χ1v) is 4.03. The van der Waals surface area contributed by atoms with Crippen LogP contribution in [0.3, 0.4) is 0 Å². The first-order chi connectivity index (χ1) is 5.91. The molecule has 0 fully saturated rings. The SMILES string of the molecule is CC1=C(C=O)C(C)(C)C(=O)C=C1O. The average Bonchev–Trinajstić information content (AvgIpc) is 2.02. The van der Waals surface area contributed by atoms with Crippen molar-refractivity contribution >= 4 is 12.1 Å². The van der Waals surface area contributed by atoms with Gasteiger partial charge in [0, 0.05) is 11.6 Å². The highest BCUT2D eigenvalue weighted by Crippen LogP contribution is 2.34. The molecule has 3 heteroatoms. The van der Waals surface area contributed by atoms with Crippen LogP contribution in [-0.4, -0.2) is 17.2 Å². The molecule has 13 heavy (non-hydrogen) atoms. The van der Waals surface area contributed by atoms with Crippen molar-refractivity contribution in [2.75, 3.05) is 0 Å². The van der Waals surface area contributed by atoms with Crippen LogP contribution in [0.15, 0.2) is 23.0 Å². The van der Waals surface area contributed by atoms with Crippen LogP contribution in [0.25, 0.3) is 0 Å². The highest BCUT2D eigenvalue weighted by molar-refractivity contribution is 6.04. The fourth-order valence-electron chi connectivity index (χ4n) is 1.39. The molecule has 0 aromatic rings. The number of aliphatic hydroxyl groups excluding tert-OH is 1. The van der Waals surface area contributed by atoms with Gasteiger partial charge in [-0.05, 0) is 26.3 Å². The third-order valence-electron chi connectivity index (χ3n) is 2.46. The fraction of sp³-hybridized carbons (Fsp3) is 0.400. The molecule has 3 nitrogen and oxygen atoms in total. The summed E-state index contributed by atoms with van der Waals surface area (Å²) >= 11 is 0. The van der Waals surface area contributed by atoms with Gasteiger partial charge in [0.05, 0.1) is 5.41 Å². The number of aldehydes is 1. The summed E-state index contributed by atoms with van der Waals surface area (Å²) in [7, 11) is 0. The summed E-state index contributed by atoms with van der Waals surface area (Å²) in [6, 6.07) is 0. The Bertz CT molecular complexity index is 332. The number of rotatable bonds is 1. The van der Waals surface area contributed by atoms with Crippen molar-refractivity contribution in [3.8, 4) is 0 Å². The molecule has 0 spiro atoms. The molecule has 0 aromatic heterocycles. The number of carbonyl (C=O) groups excluding carboxylic acids is 2. The van der Waals surface area contributed by atoms with Gasteiger partial charge in [-0.3, -0.25) is 9.59 Å². The lowest BCUT2D eigenvalue weighted by Crippen LogP contribution is -2.30. The predicted molar refractivity (Wildman–Crippen MR) is 48.3 cm³/mol. The summed E-state index contributed by atoms with van der Waals surface area (Å²) < 4.78 is 0. The predicted octanol–water partition coefficient (Wildman–Crippen LogP) is 1.55. The Labute approximate surface area is 76.8 Å². The van der Waals surface area contributed by atoms with Gasteiger partial charge < -0.3 is 5.11 Å². The normalized spacial score (nSPS) is 21.5. The van der Waals surface area contributed by atoms with Gasteiger partial charge in [-0.25, -0.2) is 0 Å². The molecule has 0 aromatic carbocycles. The van der Waals surface area contributed by atoms with Gasteiger partial charge in [-0.15, -0.1) is 0 Å². The summed E-state index contributed by atoms with van der Waals surface area (Å²) in [5, 5.41) is 9.31. The molecule has 0 bridgehead atoms. The van der Waals surface area contributed by atoms with E-state index in [1.54, 1.807) is 20.8 Å². The first-order valence-electron chi connectivity index (χ1n) is 4.03. The van der Waals surface area contributed by atoms with Crippen LogP contribution in [0.4, 0.5) is 0 Å². The van der Waals surface area contributed by atoms with Gasteiger partial charge in [0.15, 0.2) is 5.78 Å².